The topological polar surface area (TPSA) is 45.8 Å². The minimum Gasteiger partial charge on any atom is -0.331 e. The number of allylic oxidation sites excluding steroid dienone is 2. The minimum absolute atomic E-state index is 0.424. The van der Waals surface area contributed by atoms with Crippen molar-refractivity contribution in [1.82, 2.24) is 9.97 Å². The molecule has 0 bridgehead atoms. The zero-order valence-electron chi connectivity index (χ0n) is 12.4. The molecule has 0 aliphatic rings. The summed E-state index contributed by atoms with van der Waals surface area (Å²) in [7, 11) is -1.32. The molecule has 2 rings (SSSR count). The Labute approximate surface area is 127 Å². The highest BCUT2D eigenvalue weighted by Crippen LogP contribution is 2.09. The summed E-state index contributed by atoms with van der Waals surface area (Å²) in [6.45, 7) is 11.3. The summed E-state index contributed by atoms with van der Waals surface area (Å²) in [4.78, 5) is 8.10. The maximum absolute atomic E-state index is 12.4. The molecule has 3 nitrogen and oxygen atoms in total. The molecule has 0 radical (unpaired) electrons. The number of aromatic amines is 1. The highest BCUT2D eigenvalue weighted by molar-refractivity contribution is 7.84. The van der Waals surface area contributed by atoms with Crippen LogP contribution in [0.2, 0.25) is 0 Å². The summed E-state index contributed by atoms with van der Waals surface area (Å²) in [5.74, 6) is 0. The van der Waals surface area contributed by atoms with Crippen LogP contribution in [0.5, 0.6) is 0 Å². The fourth-order valence-electron chi connectivity index (χ4n) is 1.60. The summed E-state index contributed by atoms with van der Waals surface area (Å²) in [5.41, 5.74) is 0. The van der Waals surface area contributed by atoms with Crippen molar-refractivity contribution in [1.29, 1.82) is 0 Å². The van der Waals surface area contributed by atoms with Gasteiger partial charge in [0.25, 0.3) is 0 Å². The van der Waals surface area contributed by atoms with Crippen molar-refractivity contribution < 1.29 is 4.21 Å². The number of nitrogens with one attached hydrogen (secondary N) is 1. The van der Waals surface area contributed by atoms with Crippen LogP contribution in [0.3, 0.4) is 0 Å². The van der Waals surface area contributed by atoms with Crippen molar-refractivity contribution in [2.45, 2.75) is 23.9 Å². The van der Waals surface area contributed by atoms with Gasteiger partial charge in [0.2, 0.25) is 5.16 Å². The second-order valence-electron chi connectivity index (χ2n) is 3.73. The zero-order valence-corrected chi connectivity index (χ0v) is 13.2. The zero-order chi connectivity index (χ0) is 15.7. The van der Waals surface area contributed by atoms with Gasteiger partial charge in [0.15, 0.2) is 0 Å². The lowest BCUT2D eigenvalue weighted by Crippen LogP contribution is -2.23. The van der Waals surface area contributed by atoms with Crippen LogP contribution in [0.4, 0.5) is 0 Å². The van der Waals surface area contributed by atoms with Crippen molar-refractivity contribution in [3.05, 3.63) is 66.3 Å². The molecule has 1 unspecified atom stereocenters. The van der Waals surface area contributed by atoms with E-state index in [1.807, 2.05) is 44.2 Å². The van der Waals surface area contributed by atoms with Crippen LogP contribution in [-0.4, -0.2) is 14.2 Å². The van der Waals surface area contributed by atoms with E-state index >= 15 is 0 Å². The molecular weight excluding hydrogens is 280 g/mol. The second-order valence-corrected chi connectivity index (χ2v) is 5.12. The van der Waals surface area contributed by atoms with E-state index in [1.54, 1.807) is 24.3 Å². The highest BCUT2D eigenvalue weighted by Gasteiger charge is 2.09. The van der Waals surface area contributed by atoms with Gasteiger partial charge >= 0.3 is 0 Å². The Kier molecular flexibility index (Phi) is 7.12. The maximum atomic E-state index is 12.4. The van der Waals surface area contributed by atoms with E-state index in [9.17, 15) is 4.21 Å². The Morgan fingerprint density at radius 1 is 1.10 bits per heavy atom. The third-order valence-electron chi connectivity index (χ3n) is 2.43. The van der Waals surface area contributed by atoms with Crippen LogP contribution in [-0.2, 0) is 10.8 Å². The molecule has 2 aromatic rings. The third kappa shape index (κ3) is 4.39. The van der Waals surface area contributed by atoms with Gasteiger partial charge in [0.1, 0.15) is 10.8 Å². The molecular formula is C17H20N2OS. The molecule has 0 fully saturated rings. The molecule has 1 aromatic heterocycles. The largest absolute Gasteiger partial charge is 0.331 e. The number of nitrogens with zero attached hydrogens (tertiary/aromatic N) is 1. The Balaban J connectivity index is 0.00000106. The monoisotopic (exact) mass is 300 g/mol. The number of H-pyrrole nitrogens is 1. The Bertz CT molecular complexity index is 692. The normalized spacial score (nSPS) is 13.2. The van der Waals surface area contributed by atoms with E-state index < -0.39 is 10.8 Å². The van der Waals surface area contributed by atoms with Gasteiger partial charge in [-0.1, -0.05) is 57.4 Å². The molecule has 4 heteroatoms. The maximum Gasteiger partial charge on any atom is 0.202 e. The first-order valence-electron chi connectivity index (χ1n) is 6.74. The highest BCUT2D eigenvalue weighted by atomic mass is 32.2. The number of hydrogen-bond donors (Lipinski definition) is 1. The number of hydrogen-bond acceptors (Lipinski definition) is 2. The summed E-state index contributed by atoms with van der Waals surface area (Å²) in [6, 6.07) is 9.21. The fourth-order valence-corrected chi connectivity index (χ4v) is 2.62. The van der Waals surface area contributed by atoms with Gasteiger partial charge in [-0.3, -0.25) is 0 Å². The SMILES string of the molecule is C=C/C=c1/nc(S(=O)c2ccccc2)[nH]/c1=C/C=C.CC. The average Bonchev–Trinajstić information content (AvgIpc) is 2.93. The molecule has 0 amide bonds. The Morgan fingerprint density at radius 3 is 2.29 bits per heavy atom. The number of benzene rings is 1. The van der Waals surface area contributed by atoms with Gasteiger partial charge < -0.3 is 4.98 Å². The van der Waals surface area contributed by atoms with Crippen LogP contribution in [0.15, 0.2) is 65.7 Å². The standard InChI is InChI=1S/C15H14N2OS.C2H6/c1-3-8-13-14(9-4-2)17-15(16-13)19(18)12-10-6-5-7-11-12;1-2/h3-11H,1-2H2,(H,16,17);1-2H3/b13-8+,14-9+;. The van der Waals surface area contributed by atoms with Crippen molar-refractivity contribution in [3.8, 4) is 0 Å². The van der Waals surface area contributed by atoms with E-state index in [2.05, 4.69) is 23.1 Å². The first kappa shape index (κ1) is 16.9. The number of rotatable bonds is 4. The molecule has 0 spiro atoms. The molecule has 0 aliphatic carbocycles. The number of imidazole rings is 1. The Hall–Kier alpha value is -2.20. The van der Waals surface area contributed by atoms with Crippen molar-refractivity contribution in [2.24, 2.45) is 0 Å². The molecule has 0 aliphatic heterocycles. The fraction of sp³-hybridized carbons (Fsp3) is 0.118. The van der Waals surface area contributed by atoms with Crippen LogP contribution in [0.25, 0.3) is 12.2 Å². The van der Waals surface area contributed by atoms with Gasteiger partial charge in [-0.05, 0) is 24.3 Å². The molecule has 1 aromatic carbocycles. The first-order chi connectivity index (χ1) is 10.3. The van der Waals surface area contributed by atoms with Crippen molar-refractivity contribution in [2.75, 3.05) is 0 Å². The van der Waals surface area contributed by atoms with E-state index in [0.29, 0.717) is 15.4 Å². The summed E-state index contributed by atoms with van der Waals surface area (Å²) < 4.78 is 12.4. The minimum atomic E-state index is -1.32. The molecule has 1 N–H and O–H groups in total. The predicted octanol–water partition coefficient (Wildman–Crippen LogP) is 2.54. The molecule has 0 saturated heterocycles. The predicted molar refractivity (Wildman–Crippen MR) is 89.6 cm³/mol. The Morgan fingerprint density at radius 2 is 1.71 bits per heavy atom. The van der Waals surface area contributed by atoms with Crippen LogP contribution < -0.4 is 10.7 Å². The molecule has 1 heterocycles. The third-order valence-corrected chi connectivity index (χ3v) is 3.68. The van der Waals surface area contributed by atoms with Crippen molar-refractivity contribution in [3.63, 3.8) is 0 Å². The van der Waals surface area contributed by atoms with Gasteiger partial charge in [0.05, 0.1) is 10.7 Å². The number of aromatic nitrogens is 2. The molecule has 1 atom stereocenters. The van der Waals surface area contributed by atoms with E-state index in [1.165, 1.54) is 0 Å². The van der Waals surface area contributed by atoms with Crippen LogP contribution in [0, 0.1) is 0 Å². The van der Waals surface area contributed by atoms with Crippen LogP contribution in [0.1, 0.15) is 13.8 Å². The van der Waals surface area contributed by atoms with E-state index in [-0.39, 0.29) is 0 Å². The lowest BCUT2D eigenvalue weighted by molar-refractivity contribution is 0.677. The van der Waals surface area contributed by atoms with Gasteiger partial charge in [-0.2, -0.15) is 0 Å². The quantitative estimate of drug-likeness (QED) is 0.943. The molecule has 0 saturated carbocycles. The summed E-state index contributed by atoms with van der Waals surface area (Å²) >= 11 is 0. The molecule has 21 heavy (non-hydrogen) atoms. The van der Waals surface area contributed by atoms with E-state index in [0.717, 1.165) is 5.35 Å². The lowest BCUT2D eigenvalue weighted by atomic mass is 10.4. The van der Waals surface area contributed by atoms with E-state index in [4.69, 9.17) is 0 Å². The van der Waals surface area contributed by atoms with Crippen molar-refractivity contribution >= 4 is 23.0 Å². The second kappa shape index (κ2) is 8.87. The molecule has 110 valence electrons. The van der Waals surface area contributed by atoms with Gasteiger partial charge in [-0.25, -0.2) is 9.19 Å². The summed E-state index contributed by atoms with van der Waals surface area (Å²) in [5, 5.41) is 1.90. The lowest BCUT2D eigenvalue weighted by Gasteiger charge is -1.96. The van der Waals surface area contributed by atoms with Crippen LogP contribution >= 0.6 is 0 Å². The first-order valence-corrected chi connectivity index (χ1v) is 7.89. The smallest absolute Gasteiger partial charge is 0.202 e. The van der Waals surface area contributed by atoms with Gasteiger partial charge in [0, 0.05) is 4.90 Å². The average molecular weight is 300 g/mol. The summed E-state index contributed by atoms with van der Waals surface area (Å²) in [6.07, 6.45) is 6.85. The van der Waals surface area contributed by atoms with Gasteiger partial charge in [-0.15, -0.1) is 0 Å².